The van der Waals surface area contributed by atoms with Crippen molar-refractivity contribution in [3.05, 3.63) is 23.6 Å². The molecule has 0 aliphatic carbocycles. The van der Waals surface area contributed by atoms with Gasteiger partial charge >= 0.3 is 0 Å². The van der Waals surface area contributed by atoms with Gasteiger partial charge in [0.1, 0.15) is 4.90 Å². The number of halogens is 1. The Morgan fingerprint density at radius 1 is 1.16 bits per heavy atom. The Bertz CT molecular complexity index is 707. The predicted octanol–water partition coefficient (Wildman–Crippen LogP) is 1.56. The molecule has 3 rings (SSSR count). The number of rotatable bonds is 2. The van der Waals surface area contributed by atoms with Crippen LogP contribution in [-0.2, 0) is 10.0 Å². The van der Waals surface area contributed by atoms with Gasteiger partial charge < -0.3 is 0 Å². The van der Waals surface area contributed by atoms with Gasteiger partial charge in [-0.1, -0.05) is 6.42 Å². The lowest BCUT2D eigenvalue weighted by Gasteiger charge is -2.25. The van der Waals surface area contributed by atoms with Crippen LogP contribution < -0.4 is 0 Å². The van der Waals surface area contributed by atoms with Gasteiger partial charge in [0.15, 0.2) is 5.65 Å². The van der Waals surface area contributed by atoms with E-state index >= 15 is 0 Å². The van der Waals surface area contributed by atoms with Crippen molar-refractivity contribution in [1.29, 1.82) is 0 Å². The fourth-order valence-electron chi connectivity index (χ4n) is 2.24. The molecular weight excluding hydrogens is 288 g/mol. The summed E-state index contributed by atoms with van der Waals surface area (Å²) in [7, 11) is -3.44. The standard InChI is InChI=1S/C11H13ClN4O2S/c12-11-13-10-5-4-9(8-16(10)14-11)19(17,18)15-6-2-1-3-7-15/h4-5,8H,1-3,6-7H2. The molecule has 6 nitrogen and oxygen atoms in total. The number of hydrogen-bond donors (Lipinski definition) is 0. The lowest BCUT2D eigenvalue weighted by Crippen LogP contribution is -2.35. The van der Waals surface area contributed by atoms with Gasteiger partial charge in [-0.15, -0.1) is 5.10 Å². The van der Waals surface area contributed by atoms with E-state index in [2.05, 4.69) is 10.1 Å². The Morgan fingerprint density at radius 2 is 1.89 bits per heavy atom. The van der Waals surface area contributed by atoms with Crippen LogP contribution in [0.2, 0.25) is 5.28 Å². The molecule has 0 aromatic carbocycles. The molecule has 1 fully saturated rings. The van der Waals surface area contributed by atoms with Crippen molar-refractivity contribution in [1.82, 2.24) is 18.9 Å². The maximum Gasteiger partial charge on any atom is 0.244 e. The second-order valence-corrected chi connectivity index (χ2v) is 6.79. The van der Waals surface area contributed by atoms with Crippen LogP contribution >= 0.6 is 11.6 Å². The first-order chi connectivity index (χ1) is 9.07. The Hall–Kier alpha value is -1.18. The molecule has 0 amide bonds. The average molecular weight is 301 g/mol. The van der Waals surface area contributed by atoms with Crippen LogP contribution in [0.4, 0.5) is 0 Å². The quantitative estimate of drug-likeness (QED) is 0.844. The topological polar surface area (TPSA) is 67.6 Å². The van der Waals surface area contributed by atoms with E-state index in [0.717, 1.165) is 19.3 Å². The van der Waals surface area contributed by atoms with E-state index in [0.29, 0.717) is 18.7 Å². The predicted molar refractivity (Wildman–Crippen MR) is 70.6 cm³/mol. The summed E-state index contributed by atoms with van der Waals surface area (Å²) in [6.45, 7) is 1.16. The molecule has 0 radical (unpaired) electrons. The number of pyridine rings is 1. The van der Waals surface area contributed by atoms with E-state index in [4.69, 9.17) is 11.6 Å². The van der Waals surface area contributed by atoms with Gasteiger partial charge in [-0.25, -0.2) is 12.9 Å². The molecule has 1 saturated heterocycles. The molecule has 102 valence electrons. The molecule has 2 aromatic heterocycles. The van der Waals surface area contributed by atoms with Crippen molar-refractivity contribution in [2.45, 2.75) is 24.2 Å². The lowest BCUT2D eigenvalue weighted by molar-refractivity contribution is 0.346. The first kappa shape index (κ1) is 12.8. The summed E-state index contributed by atoms with van der Waals surface area (Å²) in [5.74, 6) is 0. The molecule has 1 aliphatic heterocycles. The van der Waals surface area contributed by atoms with Gasteiger partial charge in [0, 0.05) is 13.1 Å². The monoisotopic (exact) mass is 300 g/mol. The highest BCUT2D eigenvalue weighted by molar-refractivity contribution is 7.89. The molecule has 2 aromatic rings. The van der Waals surface area contributed by atoms with E-state index in [1.165, 1.54) is 15.0 Å². The SMILES string of the molecule is O=S(=O)(c1ccc2nc(Cl)nn2c1)N1CCCCC1. The number of sulfonamides is 1. The Morgan fingerprint density at radius 3 is 2.63 bits per heavy atom. The number of piperidine rings is 1. The highest BCUT2D eigenvalue weighted by atomic mass is 35.5. The van der Waals surface area contributed by atoms with Gasteiger partial charge in [0.2, 0.25) is 15.3 Å². The van der Waals surface area contributed by atoms with Gasteiger partial charge in [0.25, 0.3) is 0 Å². The number of fused-ring (bicyclic) bond motifs is 1. The van der Waals surface area contributed by atoms with Crippen molar-refractivity contribution in [2.75, 3.05) is 13.1 Å². The number of hydrogen-bond acceptors (Lipinski definition) is 4. The number of nitrogens with zero attached hydrogens (tertiary/aromatic N) is 4. The lowest BCUT2D eigenvalue weighted by atomic mass is 10.2. The maximum absolute atomic E-state index is 12.5. The summed E-state index contributed by atoms with van der Waals surface area (Å²) >= 11 is 5.70. The molecule has 0 atom stereocenters. The molecule has 19 heavy (non-hydrogen) atoms. The molecule has 0 spiro atoms. The highest BCUT2D eigenvalue weighted by Gasteiger charge is 2.26. The molecule has 0 unspecified atom stereocenters. The van der Waals surface area contributed by atoms with E-state index in [1.807, 2.05) is 0 Å². The van der Waals surface area contributed by atoms with Gasteiger partial charge in [-0.3, -0.25) is 0 Å². The van der Waals surface area contributed by atoms with Gasteiger partial charge in [-0.05, 0) is 36.6 Å². The Labute approximate surface area is 116 Å². The van der Waals surface area contributed by atoms with Crippen molar-refractivity contribution >= 4 is 27.3 Å². The molecule has 8 heteroatoms. The first-order valence-corrected chi connectivity index (χ1v) is 7.91. The van der Waals surface area contributed by atoms with E-state index in [9.17, 15) is 8.42 Å². The largest absolute Gasteiger partial charge is 0.244 e. The number of aromatic nitrogens is 3. The molecular formula is C11H13ClN4O2S. The zero-order valence-electron chi connectivity index (χ0n) is 10.2. The Balaban J connectivity index is 2.02. The van der Waals surface area contributed by atoms with E-state index in [1.54, 1.807) is 12.1 Å². The summed E-state index contributed by atoms with van der Waals surface area (Å²) in [5.41, 5.74) is 0.530. The summed E-state index contributed by atoms with van der Waals surface area (Å²) in [5, 5.41) is 4.02. The molecule has 1 aliphatic rings. The molecule has 3 heterocycles. The van der Waals surface area contributed by atoms with Crippen molar-refractivity contribution < 1.29 is 8.42 Å². The summed E-state index contributed by atoms with van der Waals surface area (Å²) in [4.78, 5) is 4.18. The van der Waals surface area contributed by atoms with Crippen LogP contribution in [0.3, 0.4) is 0 Å². The summed E-state index contributed by atoms with van der Waals surface area (Å²) in [6, 6.07) is 3.15. The second kappa shape index (κ2) is 4.73. The van der Waals surface area contributed by atoms with Crippen LogP contribution in [0.25, 0.3) is 5.65 Å². The molecule has 0 bridgehead atoms. The normalized spacial score (nSPS) is 17.9. The van der Waals surface area contributed by atoms with Crippen molar-refractivity contribution in [3.63, 3.8) is 0 Å². The zero-order chi connectivity index (χ0) is 13.5. The van der Waals surface area contributed by atoms with Crippen LogP contribution in [0.15, 0.2) is 23.2 Å². The van der Waals surface area contributed by atoms with Gasteiger partial charge in [-0.2, -0.15) is 9.29 Å². The second-order valence-electron chi connectivity index (χ2n) is 4.51. The fraction of sp³-hybridized carbons (Fsp3) is 0.455. The minimum Gasteiger partial charge on any atom is -0.218 e. The zero-order valence-corrected chi connectivity index (χ0v) is 11.7. The van der Waals surface area contributed by atoms with Crippen molar-refractivity contribution in [2.24, 2.45) is 0 Å². The molecule has 0 N–H and O–H groups in total. The fourth-order valence-corrected chi connectivity index (χ4v) is 3.92. The van der Waals surface area contributed by atoms with Crippen LogP contribution in [0.1, 0.15) is 19.3 Å². The van der Waals surface area contributed by atoms with Crippen molar-refractivity contribution in [3.8, 4) is 0 Å². The molecule has 0 saturated carbocycles. The van der Waals surface area contributed by atoms with Crippen LogP contribution in [0, 0.1) is 0 Å². The maximum atomic E-state index is 12.5. The average Bonchev–Trinajstić information content (AvgIpc) is 2.78. The first-order valence-electron chi connectivity index (χ1n) is 6.09. The Kier molecular flexibility index (Phi) is 3.20. The smallest absolute Gasteiger partial charge is 0.218 e. The summed E-state index contributed by atoms with van der Waals surface area (Å²) in [6.07, 6.45) is 4.37. The van der Waals surface area contributed by atoms with Crippen LogP contribution in [0.5, 0.6) is 0 Å². The highest BCUT2D eigenvalue weighted by Crippen LogP contribution is 2.20. The van der Waals surface area contributed by atoms with E-state index in [-0.39, 0.29) is 10.2 Å². The third kappa shape index (κ3) is 2.33. The van der Waals surface area contributed by atoms with Gasteiger partial charge in [0.05, 0.1) is 6.20 Å². The van der Waals surface area contributed by atoms with Crippen LogP contribution in [-0.4, -0.2) is 40.4 Å². The third-order valence-corrected chi connectivity index (χ3v) is 5.27. The van der Waals surface area contributed by atoms with E-state index < -0.39 is 10.0 Å². The summed E-state index contributed by atoms with van der Waals surface area (Å²) < 4.78 is 27.9. The minimum absolute atomic E-state index is 0.104. The third-order valence-electron chi connectivity index (χ3n) is 3.23. The minimum atomic E-state index is -3.44.